The van der Waals surface area contributed by atoms with Crippen LogP contribution in [0.1, 0.15) is 22.4 Å². The minimum atomic E-state index is -0.530. The number of rotatable bonds is 6. The summed E-state index contributed by atoms with van der Waals surface area (Å²) < 4.78 is 34.9. The molecule has 9 heteroatoms. The van der Waals surface area contributed by atoms with Crippen molar-refractivity contribution in [1.82, 2.24) is 19.8 Å². The van der Waals surface area contributed by atoms with Crippen LogP contribution in [0.5, 0.6) is 0 Å². The Labute approximate surface area is 188 Å². The average Bonchev–Trinajstić information content (AvgIpc) is 3.17. The average molecular weight is 461 g/mol. The van der Waals surface area contributed by atoms with Crippen molar-refractivity contribution >= 4 is 21.6 Å². The number of morpholine rings is 1. The highest BCUT2D eigenvalue weighted by Gasteiger charge is 2.25. The molecule has 1 atom stereocenters. The minimum Gasteiger partial charge on any atom is -0.379 e. The molecule has 2 aromatic heterocycles. The number of thiophene rings is 1. The van der Waals surface area contributed by atoms with E-state index in [0.717, 1.165) is 72.8 Å². The van der Waals surface area contributed by atoms with Gasteiger partial charge in [-0.2, -0.15) is 0 Å². The quantitative estimate of drug-likeness (QED) is 0.613. The molecule has 3 aromatic rings. The predicted molar refractivity (Wildman–Crippen MR) is 120 cm³/mol. The first kappa shape index (κ1) is 21.6. The van der Waals surface area contributed by atoms with Crippen molar-refractivity contribution in [3.8, 4) is 0 Å². The molecule has 1 fully saturated rings. The van der Waals surface area contributed by atoms with Gasteiger partial charge in [-0.3, -0.25) is 14.3 Å². The minimum absolute atomic E-state index is 0.0283. The van der Waals surface area contributed by atoms with Crippen molar-refractivity contribution in [1.29, 1.82) is 0 Å². The molecule has 0 radical (unpaired) electrons. The molecule has 2 aliphatic rings. The topological polar surface area (TPSA) is 59.4 Å². The smallest absolute Gasteiger partial charge is 0.262 e. The van der Waals surface area contributed by atoms with E-state index >= 15 is 0 Å². The van der Waals surface area contributed by atoms with Gasteiger partial charge in [-0.1, -0.05) is 6.07 Å². The van der Waals surface area contributed by atoms with Crippen LogP contribution in [0.3, 0.4) is 0 Å². The molecule has 1 aromatic carbocycles. The van der Waals surface area contributed by atoms with Gasteiger partial charge in [0.2, 0.25) is 0 Å². The molecule has 1 saturated heterocycles. The number of nitrogens with zero attached hydrogens (tertiary/aromatic N) is 3. The van der Waals surface area contributed by atoms with Gasteiger partial charge in [-0.25, -0.2) is 13.8 Å². The summed E-state index contributed by atoms with van der Waals surface area (Å²) in [5, 5.41) is 4.04. The van der Waals surface area contributed by atoms with Crippen LogP contribution in [0.25, 0.3) is 10.2 Å². The number of aromatic nitrogens is 2. The molecule has 0 bridgehead atoms. The molecule has 1 aliphatic carbocycles. The van der Waals surface area contributed by atoms with E-state index in [-0.39, 0.29) is 23.7 Å². The van der Waals surface area contributed by atoms with Gasteiger partial charge in [0.25, 0.3) is 5.56 Å². The van der Waals surface area contributed by atoms with Crippen molar-refractivity contribution in [2.75, 3.05) is 32.8 Å². The van der Waals surface area contributed by atoms with Gasteiger partial charge in [0.15, 0.2) is 0 Å². The van der Waals surface area contributed by atoms with Gasteiger partial charge < -0.3 is 10.1 Å². The number of halogens is 2. The fourth-order valence-corrected chi connectivity index (χ4v) is 5.81. The van der Waals surface area contributed by atoms with Crippen molar-refractivity contribution in [3.63, 3.8) is 0 Å². The molecule has 170 valence electrons. The summed E-state index contributed by atoms with van der Waals surface area (Å²) in [5.74, 6) is -1.06. The SMILES string of the molecule is O=c1c2c3c(sc2ncn1CCN1CCOCC1)C[C@@H](NCc1c(F)cccc1F)CC3. The fraction of sp³-hybridized carbons (Fsp3) is 0.478. The van der Waals surface area contributed by atoms with Crippen LogP contribution in [0, 0.1) is 11.6 Å². The Balaban J connectivity index is 1.29. The second kappa shape index (κ2) is 9.35. The van der Waals surface area contributed by atoms with E-state index in [0.29, 0.717) is 6.54 Å². The molecule has 3 heterocycles. The summed E-state index contributed by atoms with van der Waals surface area (Å²) in [4.78, 5) is 22.0. The van der Waals surface area contributed by atoms with Crippen LogP contribution in [-0.4, -0.2) is 53.3 Å². The maximum absolute atomic E-state index is 13.9. The number of aryl methyl sites for hydroxylation is 1. The first-order chi connectivity index (χ1) is 15.6. The molecule has 32 heavy (non-hydrogen) atoms. The normalized spacial score (nSPS) is 19.4. The fourth-order valence-electron chi connectivity index (χ4n) is 4.56. The lowest BCUT2D eigenvalue weighted by Crippen LogP contribution is -2.39. The molecule has 1 aliphatic heterocycles. The Morgan fingerprint density at radius 3 is 2.75 bits per heavy atom. The standard InChI is InChI=1S/C23H26F2N4O2S/c24-18-2-1-3-19(25)17(18)13-26-15-4-5-16-20(12-15)32-22-21(16)23(30)29(14-27-22)7-6-28-8-10-31-11-9-28/h1-3,14-15,26H,4-13H2/t15-/m0/s1. The number of fused-ring (bicyclic) bond motifs is 3. The number of ether oxygens (including phenoxy) is 1. The van der Waals surface area contributed by atoms with Crippen LogP contribution in [0.15, 0.2) is 29.3 Å². The molecule has 0 spiro atoms. The van der Waals surface area contributed by atoms with Crippen LogP contribution in [0.2, 0.25) is 0 Å². The lowest BCUT2D eigenvalue weighted by molar-refractivity contribution is 0.0362. The van der Waals surface area contributed by atoms with Crippen molar-refractivity contribution in [3.05, 3.63) is 62.5 Å². The van der Waals surface area contributed by atoms with Gasteiger partial charge in [-0.15, -0.1) is 11.3 Å². The lowest BCUT2D eigenvalue weighted by Gasteiger charge is -2.26. The molecule has 6 nitrogen and oxygen atoms in total. The van der Waals surface area contributed by atoms with E-state index in [1.165, 1.54) is 18.2 Å². The molecular weight excluding hydrogens is 434 g/mol. The third-order valence-electron chi connectivity index (χ3n) is 6.43. The Kier molecular flexibility index (Phi) is 6.32. The number of hydrogen-bond acceptors (Lipinski definition) is 6. The van der Waals surface area contributed by atoms with Crippen molar-refractivity contribution in [2.24, 2.45) is 0 Å². The van der Waals surface area contributed by atoms with Gasteiger partial charge in [0.1, 0.15) is 16.5 Å². The van der Waals surface area contributed by atoms with Gasteiger partial charge >= 0.3 is 0 Å². The Bertz CT molecular complexity index is 1150. The largest absolute Gasteiger partial charge is 0.379 e. The van der Waals surface area contributed by atoms with Gasteiger partial charge in [0.05, 0.1) is 24.9 Å². The molecule has 5 rings (SSSR count). The number of nitrogens with one attached hydrogen (secondary N) is 1. The van der Waals surface area contributed by atoms with Crippen molar-refractivity contribution in [2.45, 2.75) is 38.4 Å². The first-order valence-electron chi connectivity index (χ1n) is 11.1. The summed E-state index contributed by atoms with van der Waals surface area (Å²) in [6, 6.07) is 4.04. The summed E-state index contributed by atoms with van der Waals surface area (Å²) in [6.45, 7) is 4.83. The van der Waals surface area contributed by atoms with E-state index < -0.39 is 11.6 Å². The van der Waals surface area contributed by atoms with E-state index in [9.17, 15) is 13.6 Å². The molecule has 0 amide bonds. The lowest BCUT2D eigenvalue weighted by atomic mass is 9.93. The van der Waals surface area contributed by atoms with Crippen LogP contribution in [-0.2, 0) is 30.7 Å². The Morgan fingerprint density at radius 1 is 1.19 bits per heavy atom. The maximum Gasteiger partial charge on any atom is 0.262 e. The van der Waals surface area contributed by atoms with E-state index in [4.69, 9.17) is 4.74 Å². The van der Waals surface area contributed by atoms with Gasteiger partial charge in [-0.05, 0) is 37.0 Å². The second-order valence-electron chi connectivity index (χ2n) is 8.40. The van der Waals surface area contributed by atoms with E-state index in [1.54, 1.807) is 22.2 Å². The summed E-state index contributed by atoms with van der Waals surface area (Å²) >= 11 is 1.56. The zero-order chi connectivity index (χ0) is 22.1. The highest BCUT2D eigenvalue weighted by atomic mass is 32.1. The molecule has 1 N–H and O–H groups in total. The number of benzene rings is 1. The summed E-state index contributed by atoms with van der Waals surface area (Å²) in [5.41, 5.74) is 1.19. The summed E-state index contributed by atoms with van der Waals surface area (Å²) in [7, 11) is 0. The molecule has 0 unspecified atom stereocenters. The predicted octanol–water partition coefficient (Wildman–Crippen LogP) is 2.72. The first-order valence-corrected chi connectivity index (χ1v) is 11.9. The second-order valence-corrected chi connectivity index (χ2v) is 9.49. The Hall–Kier alpha value is -2.20. The van der Waals surface area contributed by atoms with E-state index in [2.05, 4.69) is 15.2 Å². The van der Waals surface area contributed by atoms with Crippen LogP contribution in [0.4, 0.5) is 8.78 Å². The zero-order valence-corrected chi connectivity index (χ0v) is 18.6. The highest BCUT2D eigenvalue weighted by molar-refractivity contribution is 7.18. The number of hydrogen-bond donors (Lipinski definition) is 1. The molecule has 0 saturated carbocycles. The maximum atomic E-state index is 13.9. The van der Waals surface area contributed by atoms with Crippen LogP contribution < -0.4 is 10.9 Å². The Morgan fingerprint density at radius 2 is 1.97 bits per heavy atom. The third kappa shape index (κ3) is 4.34. The highest BCUT2D eigenvalue weighted by Crippen LogP contribution is 2.33. The van der Waals surface area contributed by atoms with Gasteiger partial charge in [0, 0.05) is 49.2 Å². The zero-order valence-electron chi connectivity index (χ0n) is 17.8. The summed E-state index contributed by atoms with van der Waals surface area (Å²) in [6.07, 6.45) is 3.97. The monoisotopic (exact) mass is 460 g/mol. The molecular formula is C23H26F2N4O2S. The van der Waals surface area contributed by atoms with Crippen molar-refractivity contribution < 1.29 is 13.5 Å². The van der Waals surface area contributed by atoms with Crippen LogP contribution >= 0.6 is 11.3 Å². The third-order valence-corrected chi connectivity index (χ3v) is 7.59. The van der Waals surface area contributed by atoms with E-state index in [1.807, 2.05) is 0 Å².